The molecule has 35 heavy (non-hydrogen) atoms. The summed E-state index contributed by atoms with van der Waals surface area (Å²) >= 11 is 0. The maximum atomic E-state index is 13.4. The van der Waals surface area contributed by atoms with E-state index in [-0.39, 0.29) is 12.1 Å². The molecule has 0 aromatic heterocycles. The number of carbonyl (C=O) groups excluding carboxylic acids is 3. The molecule has 3 rings (SSSR count). The second kappa shape index (κ2) is 10.8. The second-order valence-corrected chi connectivity index (χ2v) is 8.82. The van der Waals surface area contributed by atoms with Gasteiger partial charge in [0.1, 0.15) is 5.54 Å². The van der Waals surface area contributed by atoms with E-state index in [1.54, 1.807) is 0 Å². The molecule has 0 spiro atoms. The third-order valence-corrected chi connectivity index (χ3v) is 6.66. The molecule has 2 heterocycles. The molecule has 0 saturated carbocycles. The minimum atomic E-state index is -2.15. The topological polar surface area (TPSA) is 150 Å². The van der Waals surface area contributed by atoms with Crippen molar-refractivity contribution >= 4 is 29.7 Å². The van der Waals surface area contributed by atoms with Gasteiger partial charge in [0.15, 0.2) is 0 Å². The highest BCUT2D eigenvalue weighted by Crippen LogP contribution is 2.50. The minimum Gasteiger partial charge on any atom is -0.481 e. The van der Waals surface area contributed by atoms with Gasteiger partial charge in [0.05, 0.1) is 30.9 Å². The summed E-state index contributed by atoms with van der Waals surface area (Å²) in [7, 11) is 1.24. The Bertz CT molecular complexity index is 1030. The molecular formula is C25H30N2O8. The van der Waals surface area contributed by atoms with E-state index in [2.05, 4.69) is 17.0 Å². The van der Waals surface area contributed by atoms with Crippen LogP contribution in [0.15, 0.2) is 36.4 Å². The Morgan fingerprint density at radius 1 is 1.09 bits per heavy atom. The van der Waals surface area contributed by atoms with Crippen LogP contribution < -0.4 is 5.32 Å². The van der Waals surface area contributed by atoms with Gasteiger partial charge in [0.2, 0.25) is 11.8 Å². The zero-order valence-corrected chi connectivity index (χ0v) is 19.7. The number of nitrogens with one attached hydrogen (secondary N) is 1. The van der Waals surface area contributed by atoms with Crippen molar-refractivity contribution in [3.63, 3.8) is 0 Å². The van der Waals surface area contributed by atoms with Gasteiger partial charge in [-0.25, -0.2) is 4.79 Å². The number of nitrogens with zero attached hydrogens (tertiary/aromatic N) is 1. The predicted octanol–water partition coefficient (Wildman–Crippen LogP) is 2.15. The average Bonchev–Trinajstić information content (AvgIpc) is 3.30. The second-order valence-electron chi connectivity index (χ2n) is 8.82. The number of hydrogen-bond donors (Lipinski definition) is 3. The van der Waals surface area contributed by atoms with Crippen molar-refractivity contribution in [1.82, 2.24) is 10.2 Å². The lowest BCUT2D eigenvalue weighted by Crippen LogP contribution is -2.57. The van der Waals surface area contributed by atoms with E-state index in [0.717, 1.165) is 24.2 Å². The number of carboxylic acid groups (broad SMARTS) is 2. The Balaban J connectivity index is 1.95. The molecule has 0 radical (unpaired) electrons. The van der Waals surface area contributed by atoms with Crippen LogP contribution >= 0.6 is 0 Å². The summed E-state index contributed by atoms with van der Waals surface area (Å²) in [5.41, 5.74) is -1.43. The number of carboxylic acids is 2. The number of ether oxygens (including phenoxy) is 1. The van der Waals surface area contributed by atoms with Crippen LogP contribution in [-0.2, 0) is 23.9 Å². The monoisotopic (exact) mass is 486 g/mol. The third kappa shape index (κ3) is 4.97. The minimum absolute atomic E-state index is 0.0874. The van der Waals surface area contributed by atoms with Gasteiger partial charge in [-0.05, 0) is 30.5 Å². The molecule has 2 fully saturated rings. The van der Waals surface area contributed by atoms with Crippen LogP contribution in [0.1, 0.15) is 61.0 Å². The van der Waals surface area contributed by atoms with Crippen molar-refractivity contribution in [1.29, 1.82) is 0 Å². The normalized spacial score (nSPS) is 25.8. The number of esters is 1. The van der Waals surface area contributed by atoms with Crippen molar-refractivity contribution < 1.29 is 38.9 Å². The molecule has 0 bridgehead atoms. The number of fused-ring (bicyclic) bond motifs is 1. The highest BCUT2D eigenvalue weighted by atomic mass is 16.5. The van der Waals surface area contributed by atoms with Crippen LogP contribution in [-0.4, -0.2) is 64.0 Å². The number of methoxy groups -OCH3 is 1. The summed E-state index contributed by atoms with van der Waals surface area (Å²) in [6, 6.07) is 5.09. The molecule has 10 nitrogen and oxygen atoms in total. The molecule has 2 aliphatic rings. The van der Waals surface area contributed by atoms with Gasteiger partial charge < -0.3 is 14.9 Å². The molecule has 4 atom stereocenters. The van der Waals surface area contributed by atoms with Crippen LogP contribution in [0.5, 0.6) is 0 Å². The first-order chi connectivity index (χ1) is 16.7. The number of unbranched alkanes of at least 4 members (excludes halogenated alkanes) is 2. The van der Waals surface area contributed by atoms with Gasteiger partial charge >= 0.3 is 17.9 Å². The molecule has 2 aliphatic heterocycles. The number of amides is 2. The number of hydrogen-bond acceptors (Lipinski definition) is 7. The van der Waals surface area contributed by atoms with E-state index in [4.69, 9.17) is 0 Å². The number of likely N-dealkylation sites (tertiary alicyclic amines) is 1. The summed E-state index contributed by atoms with van der Waals surface area (Å²) in [5.74, 6) is -7.17. The predicted molar refractivity (Wildman–Crippen MR) is 123 cm³/mol. The summed E-state index contributed by atoms with van der Waals surface area (Å²) in [5, 5.41) is 22.4. The Kier molecular flexibility index (Phi) is 8.06. The number of allylic oxidation sites excluding steroid dienone is 1. The van der Waals surface area contributed by atoms with E-state index in [1.807, 2.05) is 12.2 Å². The fraction of sp³-hybridized carbons (Fsp3) is 0.480. The lowest BCUT2D eigenvalue weighted by atomic mass is 9.77. The maximum Gasteiger partial charge on any atom is 0.337 e. The first-order valence-electron chi connectivity index (χ1n) is 11.6. The van der Waals surface area contributed by atoms with Crippen LogP contribution in [0.25, 0.3) is 0 Å². The fourth-order valence-electron chi connectivity index (χ4n) is 4.95. The van der Waals surface area contributed by atoms with Crippen LogP contribution in [0.3, 0.4) is 0 Å². The van der Waals surface area contributed by atoms with Gasteiger partial charge in [-0.15, -0.1) is 0 Å². The molecule has 2 amide bonds. The fourth-order valence-corrected chi connectivity index (χ4v) is 4.95. The van der Waals surface area contributed by atoms with Gasteiger partial charge in [0, 0.05) is 12.6 Å². The van der Waals surface area contributed by atoms with Crippen molar-refractivity contribution in [2.24, 2.45) is 11.8 Å². The molecule has 188 valence electrons. The first kappa shape index (κ1) is 26.1. The zero-order chi connectivity index (χ0) is 25.8. The molecule has 3 N–H and O–H groups in total. The highest BCUT2D eigenvalue weighted by Gasteiger charge is 2.68. The molecule has 1 aromatic carbocycles. The third-order valence-electron chi connectivity index (χ3n) is 6.66. The van der Waals surface area contributed by atoms with Crippen molar-refractivity contribution in [2.75, 3.05) is 13.7 Å². The molecule has 1 aromatic rings. The van der Waals surface area contributed by atoms with Crippen LogP contribution in [0.4, 0.5) is 0 Å². The van der Waals surface area contributed by atoms with Gasteiger partial charge in [0.25, 0.3) is 0 Å². The van der Waals surface area contributed by atoms with E-state index < -0.39 is 59.6 Å². The number of carbonyl (C=O) groups is 5. The Morgan fingerprint density at radius 2 is 1.74 bits per heavy atom. The first-order valence-corrected chi connectivity index (χ1v) is 11.6. The summed E-state index contributed by atoms with van der Waals surface area (Å²) in [6.07, 6.45) is 6.38. The van der Waals surface area contributed by atoms with Crippen LogP contribution in [0, 0.1) is 11.8 Å². The SMILES string of the molecule is CCCC/C=C/CCN1C(=O)C2C(c3ccc(C(=O)OC)cc3)NC(CC(=O)O)(C(=O)O)C2C1=O. The summed E-state index contributed by atoms with van der Waals surface area (Å²) < 4.78 is 4.68. The Labute approximate surface area is 202 Å². The Morgan fingerprint density at radius 3 is 2.31 bits per heavy atom. The van der Waals surface area contributed by atoms with E-state index in [0.29, 0.717) is 12.0 Å². The quantitative estimate of drug-likeness (QED) is 0.185. The number of benzene rings is 1. The lowest BCUT2D eigenvalue weighted by Gasteiger charge is -2.29. The van der Waals surface area contributed by atoms with Crippen molar-refractivity contribution in [3.05, 3.63) is 47.5 Å². The summed E-state index contributed by atoms with van der Waals surface area (Å²) in [4.78, 5) is 63.6. The van der Waals surface area contributed by atoms with Gasteiger partial charge in [-0.2, -0.15) is 0 Å². The zero-order valence-electron chi connectivity index (χ0n) is 19.7. The smallest absolute Gasteiger partial charge is 0.337 e. The van der Waals surface area contributed by atoms with E-state index in [9.17, 15) is 34.2 Å². The van der Waals surface area contributed by atoms with Gasteiger partial charge in [-0.1, -0.05) is 44.1 Å². The highest BCUT2D eigenvalue weighted by molar-refractivity contribution is 6.10. The molecule has 4 unspecified atom stereocenters. The van der Waals surface area contributed by atoms with E-state index in [1.165, 1.54) is 31.4 Å². The van der Waals surface area contributed by atoms with Gasteiger partial charge in [-0.3, -0.25) is 29.4 Å². The standard InChI is InChI=1S/C25H30N2O8/c1-3-4-5-6-7-8-13-27-21(30)18-19(22(27)31)25(24(33)34,14-17(28)29)26-20(18)15-9-11-16(12-10-15)23(32)35-2/h6-7,9-12,18-20,26H,3-5,8,13-14H2,1-2H3,(H,28,29)(H,33,34)/b7-6+. The molecule has 2 saturated heterocycles. The maximum absolute atomic E-state index is 13.4. The number of imide groups is 1. The van der Waals surface area contributed by atoms with E-state index >= 15 is 0 Å². The van der Waals surface area contributed by atoms with Crippen LogP contribution in [0.2, 0.25) is 0 Å². The number of rotatable bonds is 11. The molecule has 0 aliphatic carbocycles. The summed E-state index contributed by atoms with van der Waals surface area (Å²) in [6.45, 7) is 2.16. The molecular weight excluding hydrogens is 456 g/mol. The van der Waals surface area contributed by atoms with Crippen molar-refractivity contribution in [3.8, 4) is 0 Å². The molecule has 10 heteroatoms. The largest absolute Gasteiger partial charge is 0.481 e. The average molecular weight is 487 g/mol. The Hall–Kier alpha value is -3.53. The lowest BCUT2D eigenvalue weighted by molar-refractivity contribution is -0.156. The number of aliphatic carboxylic acids is 2. The van der Waals surface area contributed by atoms with Crippen molar-refractivity contribution in [2.45, 2.75) is 50.6 Å².